The van der Waals surface area contributed by atoms with Gasteiger partial charge in [0, 0.05) is 0 Å². The number of hydrogen-bond acceptors (Lipinski definition) is 3. The Balaban J connectivity index is 2.42. The fraction of sp³-hybridized carbons (Fsp3) is 0.462. The van der Waals surface area contributed by atoms with Crippen molar-refractivity contribution < 1.29 is 18.7 Å². The van der Waals surface area contributed by atoms with E-state index in [2.05, 4.69) is 4.74 Å². The molecule has 0 N–H and O–H groups in total. The second kappa shape index (κ2) is 4.84. The second-order valence-electron chi connectivity index (χ2n) is 4.15. The summed E-state index contributed by atoms with van der Waals surface area (Å²) < 4.78 is 23.6. The van der Waals surface area contributed by atoms with Gasteiger partial charge in [0.15, 0.2) is 0 Å². The normalized spacial score (nSPS) is 18.6. The zero-order valence-corrected chi connectivity index (χ0v) is 9.96. The molecule has 0 amide bonds. The predicted molar refractivity (Wildman–Crippen MR) is 60.2 cm³/mol. The monoisotopic (exact) mass is 238 g/mol. The maximum Gasteiger partial charge on any atom is 0.309 e. The van der Waals surface area contributed by atoms with Gasteiger partial charge in [0.25, 0.3) is 0 Å². The number of halogens is 1. The Hall–Kier alpha value is -1.42. The molecule has 1 aliphatic rings. The molecule has 1 aromatic rings. The van der Waals surface area contributed by atoms with Gasteiger partial charge in [-0.2, -0.15) is 0 Å². The van der Waals surface area contributed by atoms with E-state index in [1.165, 1.54) is 19.2 Å². The molecule has 0 bridgehead atoms. The van der Waals surface area contributed by atoms with Crippen molar-refractivity contribution in [3.05, 3.63) is 34.6 Å². The van der Waals surface area contributed by atoms with Crippen LogP contribution in [0.15, 0.2) is 12.1 Å². The lowest BCUT2D eigenvalue weighted by molar-refractivity contribution is -0.139. The molecule has 0 unspecified atom stereocenters. The number of carbonyl (C=O) groups is 1. The average molecular weight is 238 g/mol. The van der Waals surface area contributed by atoms with Crippen LogP contribution >= 0.6 is 0 Å². The van der Waals surface area contributed by atoms with Crippen LogP contribution in [-0.2, 0) is 27.1 Å². The lowest BCUT2D eigenvalue weighted by Gasteiger charge is -2.25. The molecule has 0 saturated carbocycles. The van der Waals surface area contributed by atoms with Gasteiger partial charge in [-0.05, 0) is 42.2 Å². The number of fused-ring (bicyclic) bond motifs is 1. The molecule has 4 heteroatoms. The van der Waals surface area contributed by atoms with E-state index in [4.69, 9.17) is 4.74 Å². The van der Waals surface area contributed by atoms with E-state index in [0.717, 1.165) is 11.1 Å². The van der Waals surface area contributed by atoms with E-state index < -0.39 is 0 Å². The summed E-state index contributed by atoms with van der Waals surface area (Å²) in [5, 5.41) is 0. The zero-order chi connectivity index (χ0) is 12.4. The molecule has 1 aliphatic heterocycles. The molecule has 92 valence electrons. The molecule has 0 aliphatic carbocycles. The van der Waals surface area contributed by atoms with Gasteiger partial charge in [-0.1, -0.05) is 0 Å². The third kappa shape index (κ3) is 2.47. The Morgan fingerprint density at radius 2 is 2.35 bits per heavy atom. The molecule has 3 nitrogen and oxygen atoms in total. The highest BCUT2D eigenvalue weighted by Crippen LogP contribution is 2.31. The van der Waals surface area contributed by atoms with Gasteiger partial charge < -0.3 is 9.47 Å². The first-order valence-corrected chi connectivity index (χ1v) is 5.61. The highest BCUT2D eigenvalue weighted by molar-refractivity contribution is 5.73. The quantitative estimate of drug-likeness (QED) is 0.741. The van der Waals surface area contributed by atoms with E-state index in [-0.39, 0.29) is 24.3 Å². The van der Waals surface area contributed by atoms with Crippen LogP contribution in [-0.4, -0.2) is 19.7 Å². The number of esters is 1. The van der Waals surface area contributed by atoms with Crippen molar-refractivity contribution in [3.63, 3.8) is 0 Å². The van der Waals surface area contributed by atoms with Crippen molar-refractivity contribution in [2.45, 2.75) is 25.9 Å². The van der Waals surface area contributed by atoms with Crippen molar-refractivity contribution in [2.24, 2.45) is 0 Å². The van der Waals surface area contributed by atoms with Crippen LogP contribution in [0.25, 0.3) is 0 Å². The van der Waals surface area contributed by atoms with Crippen molar-refractivity contribution in [3.8, 4) is 0 Å². The number of methoxy groups -OCH3 is 1. The van der Waals surface area contributed by atoms with E-state index in [9.17, 15) is 9.18 Å². The summed E-state index contributed by atoms with van der Waals surface area (Å²) in [6, 6.07) is 2.91. The third-order valence-electron chi connectivity index (χ3n) is 3.02. The number of benzene rings is 1. The Kier molecular flexibility index (Phi) is 3.43. The van der Waals surface area contributed by atoms with E-state index in [1.54, 1.807) is 0 Å². The summed E-state index contributed by atoms with van der Waals surface area (Å²) in [7, 11) is 1.33. The molecule has 2 rings (SSSR count). The summed E-state index contributed by atoms with van der Waals surface area (Å²) in [5.74, 6) is -0.674. The molecular formula is C13H15FO3. The van der Waals surface area contributed by atoms with Crippen molar-refractivity contribution in [1.82, 2.24) is 0 Å². The fourth-order valence-corrected chi connectivity index (χ4v) is 2.27. The summed E-state index contributed by atoms with van der Waals surface area (Å²) in [5.41, 5.74) is 2.53. The Morgan fingerprint density at radius 1 is 1.59 bits per heavy atom. The van der Waals surface area contributed by atoms with Crippen LogP contribution in [0.5, 0.6) is 0 Å². The average Bonchev–Trinajstić information content (AvgIpc) is 2.28. The first-order chi connectivity index (χ1) is 8.11. The first-order valence-electron chi connectivity index (χ1n) is 5.61. The largest absolute Gasteiger partial charge is 0.469 e. The van der Waals surface area contributed by atoms with Gasteiger partial charge >= 0.3 is 5.97 Å². The Bertz CT molecular complexity index is 443. The van der Waals surface area contributed by atoms with E-state index in [1.807, 2.05) is 6.92 Å². The van der Waals surface area contributed by atoms with Crippen molar-refractivity contribution in [1.29, 1.82) is 0 Å². The molecule has 0 aromatic heterocycles. The van der Waals surface area contributed by atoms with Crippen LogP contribution in [0.3, 0.4) is 0 Å². The van der Waals surface area contributed by atoms with Gasteiger partial charge in [-0.25, -0.2) is 4.39 Å². The molecule has 0 saturated heterocycles. The van der Waals surface area contributed by atoms with E-state index >= 15 is 0 Å². The molecule has 1 aromatic carbocycles. The van der Waals surface area contributed by atoms with E-state index in [0.29, 0.717) is 18.6 Å². The van der Waals surface area contributed by atoms with Gasteiger partial charge in [0.05, 0.1) is 26.2 Å². The minimum absolute atomic E-state index is 0.0876. The smallest absolute Gasteiger partial charge is 0.309 e. The molecule has 17 heavy (non-hydrogen) atoms. The number of ether oxygens (including phenoxy) is 2. The van der Waals surface area contributed by atoms with Crippen molar-refractivity contribution in [2.75, 3.05) is 13.7 Å². The fourth-order valence-electron chi connectivity index (χ4n) is 2.27. The molecule has 1 heterocycles. The van der Waals surface area contributed by atoms with Crippen LogP contribution in [0.1, 0.15) is 29.7 Å². The molecule has 0 radical (unpaired) electrons. The molecule has 1 atom stereocenters. The minimum Gasteiger partial charge on any atom is -0.469 e. The topological polar surface area (TPSA) is 35.5 Å². The highest BCUT2D eigenvalue weighted by atomic mass is 19.1. The van der Waals surface area contributed by atoms with Crippen LogP contribution < -0.4 is 0 Å². The van der Waals surface area contributed by atoms with Crippen LogP contribution in [0, 0.1) is 5.82 Å². The van der Waals surface area contributed by atoms with Gasteiger partial charge in [0.2, 0.25) is 0 Å². The third-order valence-corrected chi connectivity index (χ3v) is 3.02. The summed E-state index contributed by atoms with van der Waals surface area (Å²) in [4.78, 5) is 11.3. The SMILES string of the molecule is COC(=O)Cc1cc(F)cc2c1[C@@H](C)OCC2. The molecule has 0 fully saturated rings. The Labute approximate surface area is 99.5 Å². The summed E-state index contributed by atoms with van der Waals surface area (Å²) in [6.07, 6.45) is 0.676. The number of rotatable bonds is 2. The second-order valence-corrected chi connectivity index (χ2v) is 4.15. The molecular weight excluding hydrogens is 223 g/mol. The van der Waals surface area contributed by atoms with Gasteiger partial charge in [-0.3, -0.25) is 4.79 Å². The molecule has 0 spiro atoms. The first kappa shape index (κ1) is 12.0. The van der Waals surface area contributed by atoms with Crippen LogP contribution in [0.4, 0.5) is 4.39 Å². The van der Waals surface area contributed by atoms with Crippen LogP contribution in [0.2, 0.25) is 0 Å². The number of carbonyl (C=O) groups excluding carboxylic acids is 1. The van der Waals surface area contributed by atoms with Crippen molar-refractivity contribution >= 4 is 5.97 Å². The lowest BCUT2D eigenvalue weighted by atomic mass is 9.91. The minimum atomic E-state index is -0.365. The standard InChI is InChI=1S/C13H15FO3/c1-8-13-9(3-4-17-8)5-11(14)6-10(13)7-12(15)16-2/h5-6,8H,3-4,7H2,1-2H3/t8-/m1/s1. The lowest BCUT2D eigenvalue weighted by Crippen LogP contribution is -2.18. The maximum atomic E-state index is 13.4. The number of hydrogen-bond donors (Lipinski definition) is 0. The van der Waals surface area contributed by atoms with Gasteiger partial charge in [-0.15, -0.1) is 0 Å². The highest BCUT2D eigenvalue weighted by Gasteiger charge is 2.22. The van der Waals surface area contributed by atoms with Gasteiger partial charge in [0.1, 0.15) is 5.82 Å². The predicted octanol–water partition coefficient (Wildman–Crippen LogP) is 2.17. The maximum absolute atomic E-state index is 13.4. The zero-order valence-electron chi connectivity index (χ0n) is 9.96. The summed E-state index contributed by atoms with van der Waals surface area (Å²) >= 11 is 0. The summed E-state index contributed by atoms with van der Waals surface area (Å²) in [6.45, 7) is 2.51. The Morgan fingerprint density at radius 3 is 3.06 bits per heavy atom.